The molecule has 0 amide bonds. The van der Waals surface area contributed by atoms with Crippen LogP contribution in [0.5, 0.6) is 11.5 Å². The van der Waals surface area contributed by atoms with E-state index >= 15 is 0 Å². The van der Waals surface area contributed by atoms with Gasteiger partial charge in [0.05, 0.1) is 25.4 Å². The van der Waals surface area contributed by atoms with Crippen molar-refractivity contribution in [1.29, 1.82) is 0 Å². The van der Waals surface area contributed by atoms with Crippen LogP contribution in [0.1, 0.15) is 29.8 Å². The lowest BCUT2D eigenvalue weighted by atomic mass is 10.0. The molecule has 3 N–H and O–H groups in total. The van der Waals surface area contributed by atoms with E-state index in [1.54, 1.807) is 25.3 Å². The lowest BCUT2D eigenvalue weighted by Gasteiger charge is -2.14. The van der Waals surface area contributed by atoms with E-state index in [4.69, 9.17) is 15.2 Å². The lowest BCUT2D eigenvalue weighted by Crippen LogP contribution is -2.33. The first-order valence-corrected chi connectivity index (χ1v) is 7.98. The van der Waals surface area contributed by atoms with Gasteiger partial charge in [0.15, 0.2) is 5.78 Å². The van der Waals surface area contributed by atoms with Crippen LogP contribution in [0.2, 0.25) is 0 Å². The molecule has 0 radical (unpaired) electrons. The zero-order valence-corrected chi connectivity index (χ0v) is 14.3. The number of hydrogen-bond acceptors (Lipinski definition) is 5. The maximum absolute atomic E-state index is 12.5. The summed E-state index contributed by atoms with van der Waals surface area (Å²) in [5, 5.41) is 3.23. The van der Waals surface area contributed by atoms with Gasteiger partial charge >= 0.3 is 0 Å². The molecule has 24 heavy (non-hydrogen) atoms. The molecule has 0 aromatic heterocycles. The van der Waals surface area contributed by atoms with Crippen molar-refractivity contribution in [3.05, 3.63) is 53.6 Å². The van der Waals surface area contributed by atoms with Crippen molar-refractivity contribution in [2.24, 2.45) is 0 Å². The highest BCUT2D eigenvalue weighted by Gasteiger charge is 2.16. The number of rotatable bonds is 8. The van der Waals surface area contributed by atoms with Gasteiger partial charge in [-0.25, -0.2) is 0 Å². The molecule has 0 heterocycles. The number of nitrogens with one attached hydrogen (secondary N) is 1. The van der Waals surface area contributed by atoms with E-state index < -0.39 is 0 Å². The number of nitrogen functional groups attached to an aromatic ring is 1. The Morgan fingerprint density at radius 1 is 1.21 bits per heavy atom. The summed E-state index contributed by atoms with van der Waals surface area (Å²) in [4.78, 5) is 12.5. The average molecular weight is 328 g/mol. The summed E-state index contributed by atoms with van der Waals surface area (Å²) in [7, 11) is 1.64. The molecule has 2 aromatic rings. The van der Waals surface area contributed by atoms with Crippen LogP contribution in [-0.2, 0) is 6.54 Å². The SMILES string of the molecule is CCOc1ccc(C(=O)C(C)NCc2ccc(OC)cc2)cc1N. The number of methoxy groups -OCH3 is 1. The Hall–Kier alpha value is -2.53. The van der Waals surface area contributed by atoms with Gasteiger partial charge in [-0.3, -0.25) is 4.79 Å². The summed E-state index contributed by atoms with van der Waals surface area (Å²) in [6, 6.07) is 12.6. The molecule has 0 bridgehead atoms. The van der Waals surface area contributed by atoms with E-state index in [0.29, 0.717) is 30.2 Å². The van der Waals surface area contributed by atoms with Crippen LogP contribution in [0.4, 0.5) is 5.69 Å². The molecule has 0 spiro atoms. The normalized spacial score (nSPS) is 11.8. The third kappa shape index (κ3) is 4.49. The number of anilines is 1. The standard InChI is InChI=1S/C19H24N2O3/c1-4-24-18-10-7-15(11-17(18)20)19(22)13(2)21-12-14-5-8-16(23-3)9-6-14/h5-11,13,21H,4,12,20H2,1-3H3. The van der Waals surface area contributed by atoms with Gasteiger partial charge in [-0.05, 0) is 49.7 Å². The topological polar surface area (TPSA) is 73.6 Å². The number of carbonyl (C=O) groups is 1. The van der Waals surface area contributed by atoms with E-state index in [9.17, 15) is 4.79 Å². The number of benzene rings is 2. The Morgan fingerprint density at radius 3 is 2.50 bits per heavy atom. The second-order valence-corrected chi connectivity index (χ2v) is 5.50. The van der Waals surface area contributed by atoms with Crippen molar-refractivity contribution in [2.75, 3.05) is 19.5 Å². The molecule has 1 unspecified atom stereocenters. The van der Waals surface area contributed by atoms with Crippen LogP contribution in [0.15, 0.2) is 42.5 Å². The van der Waals surface area contributed by atoms with Crippen molar-refractivity contribution in [3.8, 4) is 11.5 Å². The molecule has 0 aliphatic rings. The van der Waals surface area contributed by atoms with Crippen LogP contribution in [0, 0.1) is 0 Å². The fourth-order valence-electron chi connectivity index (χ4n) is 2.35. The van der Waals surface area contributed by atoms with Crippen LogP contribution in [0.25, 0.3) is 0 Å². The number of ketones is 1. The van der Waals surface area contributed by atoms with Crippen molar-refractivity contribution in [3.63, 3.8) is 0 Å². The Kier molecular flexibility index (Phi) is 6.21. The molecule has 2 rings (SSSR count). The van der Waals surface area contributed by atoms with Gasteiger partial charge < -0.3 is 20.5 Å². The largest absolute Gasteiger partial charge is 0.497 e. The van der Waals surface area contributed by atoms with Crippen LogP contribution < -0.4 is 20.5 Å². The first kappa shape index (κ1) is 17.8. The molecule has 0 aliphatic heterocycles. The first-order chi connectivity index (χ1) is 11.5. The van der Waals surface area contributed by atoms with Gasteiger partial charge in [-0.15, -0.1) is 0 Å². The van der Waals surface area contributed by atoms with Crippen molar-refractivity contribution < 1.29 is 14.3 Å². The summed E-state index contributed by atoms with van der Waals surface area (Å²) in [5.41, 5.74) is 8.06. The van der Waals surface area contributed by atoms with Crippen LogP contribution >= 0.6 is 0 Å². The quantitative estimate of drug-likeness (QED) is 0.575. The van der Waals surface area contributed by atoms with Crippen molar-refractivity contribution in [2.45, 2.75) is 26.4 Å². The van der Waals surface area contributed by atoms with Gasteiger partial charge in [0, 0.05) is 12.1 Å². The maximum Gasteiger partial charge on any atom is 0.179 e. The van der Waals surface area contributed by atoms with Gasteiger partial charge in [-0.1, -0.05) is 12.1 Å². The lowest BCUT2D eigenvalue weighted by molar-refractivity contribution is 0.0950. The van der Waals surface area contributed by atoms with E-state index in [1.807, 2.05) is 38.1 Å². The fourth-order valence-corrected chi connectivity index (χ4v) is 2.35. The Labute approximate surface area is 142 Å². The molecular weight excluding hydrogens is 304 g/mol. The van der Waals surface area contributed by atoms with Crippen molar-refractivity contribution >= 4 is 11.5 Å². The van der Waals surface area contributed by atoms with Crippen LogP contribution in [0.3, 0.4) is 0 Å². The molecular formula is C19H24N2O3. The number of Topliss-reactive ketones (excluding diaryl/α,β-unsaturated/α-hetero) is 1. The predicted octanol–water partition coefficient (Wildman–Crippen LogP) is 3.04. The number of nitrogens with two attached hydrogens (primary N) is 1. The van der Waals surface area contributed by atoms with E-state index in [1.165, 1.54) is 0 Å². The van der Waals surface area contributed by atoms with Gasteiger partial charge in [-0.2, -0.15) is 0 Å². The molecule has 0 saturated carbocycles. The zero-order valence-electron chi connectivity index (χ0n) is 14.3. The zero-order chi connectivity index (χ0) is 17.5. The third-order valence-corrected chi connectivity index (χ3v) is 3.76. The van der Waals surface area contributed by atoms with E-state index in [-0.39, 0.29) is 11.8 Å². The summed E-state index contributed by atoms with van der Waals surface area (Å²) in [6.45, 7) is 4.88. The van der Waals surface area contributed by atoms with E-state index in [0.717, 1.165) is 11.3 Å². The average Bonchev–Trinajstić information content (AvgIpc) is 2.61. The van der Waals surface area contributed by atoms with E-state index in [2.05, 4.69) is 5.32 Å². The molecule has 0 aliphatic carbocycles. The van der Waals surface area contributed by atoms with Gasteiger partial charge in [0.25, 0.3) is 0 Å². The summed E-state index contributed by atoms with van der Waals surface area (Å²) < 4.78 is 10.5. The molecule has 128 valence electrons. The minimum atomic E-state index is -0.315. The maximum atomic E-state index is 12.5. The molecule has 0 fully saturated rings. The Bertz CT molecular complexity index is 684. The van der Waals surface area contributed by atoms with Crippen molar-refractivity contribution in [1.82, 2.24) is 5.32 Å². The van der Waals surface area contributed by atoms with Crippen LogP contribution in [-0.4, -0.2) is 25.5 Å². The van der Waals surface area contributed by atoms with Gasteiger partial charge in [0.2, 0.25) is 0 Å². The smallest absolute Gasteiger partial charge is 0.179 e. The third-order valence-electron chi connectivity index (χ3n) is 3.76. The fraction of sp³-hybridized carbons (Fsp3) is 0.316. The second kappa shape index (κ2) is 8.36. The summed E-state index contributed by atoms with van der Waals surface area (Å²) in [6.07, 6.45) is 0. The first-order valence-electron chi connectivity index (χ1n) is 7.98. The summed E-state index contributed by atoms with van der Waals surface area (Å²) in [5.74, 6) is 1.42. The highest BCUT2D eigenvalue weighted by molar-refractivity contribution is 6.00. The minimum Gasteiger partial charge on any atom is -0.497 e. The number of carbonyl (C=O) groups excluding carboxylic acids is 1. The monoisotopic (exact) mass is 328 g/mol. The molecule has 5 nitrogen and oxygen atoms in total. The molecule has 0 saturated heterocycles. The second-order valence-electron chi connectivity index (χ2n) is 5.50. The Balaban J connectivity index is 1.97. The summed E-state index contributed by atoms with van der Waals surface area (Å²) >= 11 is 0. The highest BCUT2D eigenvalue weighted by atomic mass is 16.5. The van der Waals surface area contributed by atoms with Gasteiger partial charge in [0.1, 0.15) is 11.5 Å². The Morgan fingerprint density at radius 2 is 1.92 bits per heavy atom. The molecule has 5 heteroatoms. The molecule has 1 atom stereocenters. The number of ether oxygens (including phenoxy) is 2. The minimum absolute atomic E-state index is 0.00161. The highest BCUT2D eigenvalue weighted by Crippen LogP contribution is 2.23. The molecule has 2 aromatic carbocycles. The predicted molar refractivity (Wildman–Crippen MR) is 95.6 cm³/mol. The number of hydrogen-bond donors (Lipinski definition) is 2.